The van der Waals surface area contributed by atoms with E-state index in [1.165, 1.54) is 33.5 Å². The first-order valence-electron chi connectivity index (χ1n) is 4.79. The third-order valence-corrected chi connectivity index (χ3v) is 1.99. The summed E-state index contributed by atoms with van der Waals surface area (Å²) in [5, 5.41) is 0. The van der Waals surface area contributed by atoms with Crippen molar-refractivity contribution in [3.05, 3.63) is 29.1 Å². The molecule has 0 N–H and O–H groups in total. The number of esters is 2. The molecule has 0 radical (unpaired) electrons. The number of carbonyl (C=O) groups excluding carboxylic acids is 2. The van der Waals surface area contributed by atoms with Gasteiger partial charge in [0.1, 0.15) is 5.69 Å². The van der Waals surface area contributed by atoms with Gasteiger partial charge in [0.25, 0.3) is 0 Å². The van der Waals surface area contributed by atoms with Crippen LogP contribution in [0.4, 0.5) is 0 Å². The van der Waals surface area contributed by atoms with Gasteiger partial charge in [-0.2, -0.15) is 0 Å². The van der Waals surface area contributed by atoms with Crippen molar-refractivity contribution in [2.75, 3.05) is 21.3 Å². The normalized spacial score (nSPS) is 9.82. The Kier molecular flexibility index (Phi) is 4.59. The molecule has 0 saturated heterocycles. The van der Waals surface area contributed by atoms with Crippen molar-refractivity contribution in [1.82, 2.24) is 4.98 Å². The molecule has 0 saturated carbocycles. The molecule has 0 aliphatic rings. The van der Waals surface area contributed by atoms with Crippen LogP contribution in [0, 0.1) is 0 Å². The Morgan fingerprint density at radius 2 is 1.76 bits per heavy atom. The Morgan fingerprint density at radius 3 is 2.29 bits per heavy atom. The first kappa shape index (κ1) is 13.1. The van der Waals surface area contributed by atoms with E-state index in [2.05, 4.69) is 14.5 Å². The maximum atomic E-state index is 11.4. The summed E-state index contributed by atoms with van der Waals surface area (Å²) in [5.41, 5.74) is 0.730. The highest BCUT2D eigenvalue weighted by Gasteiger charge is 2.14. The molecule has 0 spiro atoms. The van der Waals surface area contributed by atoms with Crippen molar-refractivity contribution >= 4 is 11.9 Å². The molecule has 0 atom stereocenters. The summed E-state index contributed by atoms with van der Waals surface area (Å²) in [6.07, 6.45) is 0. The molecule has 92 valence electrons. The molecule has 1 aromatic rings. The van der Waals surface area contributed by atoms with Crippen molar-refractivity contribution in [3.63, 3.8) is 0 Å². The molecule has 0 fully saturated rings. The van der Waals surface area contributed by atoms with E-state index >= 15 is 0 Å². The fourth-order valence-corrected chi connectivity index (χ4v) is 1.25. The lowest BCUT2D eigenvalue weighted by Crippen LogP contribution is -2.11. The highest BCUT2D eigenvalue weighted by atomic mass is 16.5. The van der Waals surface area contributed by atoms with Crippen LogP contribution in [0.2, 0.25) is 0 Å². The minimum absolute atomic E-state index is 0.0439. The van der Waals surface area contributed by atoms with E-state index in [4.69, 9.17) is 4.74 Å². The Labute approximate surface area is 98.5 Å². The number of carbonyl (C=O) groups is 2. The minimum atomic E-state index is -0.617. The summed E-state index contributed by atoms with van der Waals surface area (Å²) in [6.45, 7) is 0.189. The van der Waals surface area contributed by atoms with E-state index in [-0.39, 0.29) is 17.9 Å². The van der Waals surface area contributed by atoms with Crippen molar-refractivity contribution in [2.24, 2.45) is 0 Å². The van der Waals surface area contributed by atoms with Crippen LogP contribution in [0.15, 0.2) is 12.1 Å². The van der Waals surface area contributed by atoms with Gasteiger partial charge in [-0.3, -0.25) is 0 Å². The summed E-state index contributed by atoms with van der Waals surface area (Å²) in [7, 11) is 3.99. The third kappa shape index (κ3) is 3.25. The van der Waals surface area contributed by atoms with Crippen LogP contribution >= 0.6 is 0 Å². The summed E-state index contributed by atoms with van der Waals surface area (Å²) in [5.74, 6) is -1.16. The summed E-state index contributed by atoms with van der Waals surface area (Å²) in [6, 6.07) is 2.82. The molecule has 17 heavy (non-hydrogen) atoms. The Hall–Kier alpha value is -1.95. The standard InChI is InChI=1S/C11H13NO5/c1-15-6-8-4-7(10(13)16-2)5-9(12-8)11(14)17-3/h4-5H,6H2,1-3H3. The van der Waals surface area contributed by atoms with Crippen molar-refractivity contribution in [2.45, 2.75) is 6.61 Å². The Morgan fingerprint density at radius 1 is 1.12 bits per heavy atom. The summed E-state index contributed by atoms with van der Waals surface area (Å²) >= 11 is 0. The van der Waals surface area contributed by atoms with Crippen LogP contribution in [0.25, 0.3) is 0 Å². The van der Waals surface area contributed by atoms with Crippen molar-refractivity contribution in [1.29, 1.82) is 0 Å². The first-order valence-corrected chi connectivity index (χ1v) is 4.79. The number of aromatic nitrogens is 1. The topological polar surface area (TPSA) is 74.7 Å². The average Bonchev–Trinajstić information content (AvgIpc) is 2.36. The van der Waals surface area contributed by atoms with Crippen LogP contribution < -0.4 is 0 Å². The summed E-state index contributed by atoms with van der Waals surface area (Å²) < 4.78 is 14.0. The molecule has 0 aliphatic heterocycles. The smallest absolute Gasteiger partial charge is 0.356 e. The van der Waals surface area contributed by atoms with Gasteiger partial charge in [0.15, 0.2) is 0 Å². The second kappa shape index (κ2) is 5.95. The Balaban J connectivity index is 3.18. The van der Waals surface area contributed by atoms with Gasteiger partial charge in [-0.05, 0) is 12.1 Å². The number of nitrogens with zero attached hydrogens (tertiary/aromatic N) is 1. The van der Waals surface area contributed by atoms with Crippen LogP contribution in [0.5, 0.6) is 0 Å². The van der Waals surface area contributed by atoms with Crippen molar-refractivity contribution < 1.29 is 23.8 Å². The highest BCUT2D eigenvalue weighted by Crippen LogP contribution is 2.09. The van der Waals surface area contributed by atoms with Gasteiger partial charge in [0.05, 0.1) is 32.1 Å². The molecule has 0 amide bonds. The van der Waals surface area contributed by atoms with E-state index < -0.39 is 11.9 Å². The van der Waals surface area contributed by atoms with Gasteiger partial charge >= 0.3 is 11.9 Å². The molecule has 0 bridgehead atoms. The van der Waals surface area contributed by atoms with Crippen LogP contribution in [-0.4, -0.2) is 38.3 Å². The second-order valence-electron chi connectivity index (χ2n) is 3.15. The average molecular weight is 239 g/mol. The lowest BCUT2D eigenvalue weighted by atomic mass is 10.2. The van der Waals surface area contributed by atoms with Gasteiger partial charge < -0.3 is 14.2 Å². The first-order chi connectivity index (χ1) is 8.12. The molecule has 1 rings (SSSR count). The number of rotatable bonds is 4. The fourth-order valence-electron chi connectivity index (χ4n) is 1.25. The lowest BCUT2D eigenvalue weighted by Gasteiger charge is -2.06. The number of pyridine rings is 1. The third-order valence-electron chi connectivity index (χ3n) is 1.99. The fraction of sp³-hybridized carbons (Fsp3) is 0.364. The predicted octanol–water partition coefficient (Wildman–Crippen LogP) is 0.801. The molecule has 0 unspecified atom stereocenters. The molecule has 1 heterocycles. The molecule has 0 aliphatic carbocycles. The largest absolute Gasteiger partial charge is 0.465 e. The monoisotopic (exact) mass is 239 g/mol. The number of hydrogen-bond acceptors (Lipinski definition) is 6. The molecule has 6 nitrogen and oxygen atoms in total. The van der Waals surface area contributed by atoms with Gasteiger partial charge in [0, 0.05) is 7.11 Å². The zero-order chi connectivity index (χ0) is 12.8. The van der Waals surface area contributed by atoms with Crippen molar-refractivity contribution in [3.8, 4) is 0 Å². The molecule has 0 aromatic carbocycles. The van der Waals surface area contributed by atoms with Crippen LogP contribution in [0.3, 0.4) is 0 Å². The van der Waals surface area contributed by atoms with Gasteiger partial charge in [-0.15, -0.1) is 0 Å². The SMILES string of the molecule is COCc1cc(C(=O)OC)cc(C(=O)OC)n1. The van der Waals surface area contributed by atoms with E-state index in [1.807, 2.05) is 0 Å². The van der Waals surface area contributed by atoms with E-state index in [0.717, 1.165) is 0 Å². The van der Waals surface area contributed by atoms with E-state index in [0.29, 0.717) is 5.69 Å². The zero-order valence-corrected chi connectivity index (χ0v) is 9.85. The zero-order valence-electron chi connectivity index (χ0n) is 9.85. The Bertz CT molecular complexity index is 396. The molecule has 1 aromatic heterocycles. The molecular weight excluding hydrogens is 226 g/mol. The maximum absolute atomic E-state index is 11.4. The van der Waals surface area contributed by atoms with E-state index in [1.54, 1.807) is 0 Å². The van der Waals surface area contributed by atoms with E-state index in [9.17, 15) is 9.59 Å². The predicted molar refractivity (Wildman–Crippen MR) is 57.6 cm³/mol. The highest BCUT2D eigenvalue weighted by molar-refractivity contribution is 5.94. The number of hydrogen-bond donors (Lipinski definition) is 0. The quantitative estimate of drug-likeness (QED) is 0.723. The van der Waals surface area contributed by atoms with Crippen LogP contribution in [0.1, 0.15) is 26.5 Å². The number of ether oxygens (including phenoxy) is 3. The lowest BCUT2D eigenvalue weighted by molar-refractivity contribution is 0.0592. The van der Waals surface area contributed by atoms with Gasteiger partial charge in [-0.1, -0.05) is 0 Å². The summed E-state index contributed by atoms with van der Waals surface area (Å²) in [4.78, 5) is 26.7. The number of methoxy groups -OCH3 is 3. The maximum Gasteiger partial charge on any atom is 0.356 e. The molecule has 6 heteroatoms. The van der Waals surface area contributed by atoms with Gasteiger partial charge in [0.2, 0.25) is 0 Å². The molecular formula is C11H13NO5. The van der Waals surface area contributed by atoms with Crippen LogP contribution in [-0.2, 0) is 20.8 Å². The second-order valence-corrected chi connectivity index (χ2v) is 3.15. The minimum Gasteiger partial charge on any atom is -0.465 e. The van der Waals surface area contributed by atoms with Gasteiger partial charge in [-0.25, -0.2) is 14.6 Å².